The van der Waals surface area contributed by atoms with Gasteiger partial charge in [-0.15, -0.1) is 0 Å². The minimum absolute atomic E-state index is 0.806. The molecule has 2 nitrogen and oxygen atoms in total. The minimum Gasteiger partial charge on any atom is -0.322 e. The topological polar surface area (TPSA) is 17.0 Å². The Bertz CT molecular complexity index is 438. The lowest BCUT2D eigenvalue weighted by Gasteiger charge is -2.08. The molecule has 0 aliphatic rings. The highest BCUT2D eigenvalue weighted by atomic mass is 79.9. The molecule has 2 aromatic rings. The molecule has 1 aromatic carbocycles. The molecule has 0 radical (unpaired) electrons. The van der Waals surface area contributed by atoms with E-state index in [9.17, 15) is 0 Å². The molecule has 0 aliphatic heterocycles. The van der Waals surface area contributed by atoms with Crippen molar-refractivity contribution in [2.24, 2.45) is 0 Å². The normalized spacial score (nSPS) is 10.3. The van der Waals surface area contributed by atoms with Gasteiger partial charge in [0.1, 0.15) is 0 Å². The standard InChI is InChI=1S/C11H10Br2N2/c12-10-4-3-9(7-11(10)13)8-14-15-5-1-2-6-15/h1-7,14H,8H2. The van der Waals surface area contributed by atoms with E-state index in [4.69, 9.17) is 0 Å². The van der Waals surface area contributed by atoms with Gasteiger partial charge in [-0.25, -0.2) is 0 Å². The number of halogens is 2. The fraction of sp³-hybridized carbons (Fsp3) is 0.0909. The summed E-state index contributed by atoms with van der Waals surface area (Å²) in [4.78, 5) is 0. The molecule has 1 aromatic heterocycles. The van der Waals surface area contributed by atoms with Gasteiger partial charge in [-0.2, -0.15) is 0 Å². The van der Waals surface area contributed by atoms with Gasteiger partial charge < -0.3 is 5.43 Å². The SMILES string of the molecule is Brc1ccc(CNn2cccc2)cc1Br. The van der Waals surface area contributed by atoms with Gasteiger partial charge in [-0.1, -0.05) is 6.07 Å². The van der Waals surface area contributed by atoms with Crippen LogP contribution in [-0.2, 0) is 6.54 Å². The van der Waals surface area contributed by atoms with E-state index in [1.54, 1.807) is 0 Å². The van der Waals surface area contributed by atoms with Gasteiger partial charge in [-0.05, 0) is 61.7 Å². The number of hydrogen-bond donors (Lipinski definition) is 1. The van der Waals surface area contributed by atoms with E-state index in [-0.39, 0.29) is 0 Å². The van der Waals surface area contributed by atoms with E-state index in [0.717, 1.165) is 15.5 Å². The van der Waals surface area contributed by atoms with Crippen LogP contribution in [0.15, 0.2) is 51.7 Å². The van der Waals surface area contributed by atoms with Crippen molar-refractivity contribution in [1.29, 1.82) is 0 Å². The Kier molecular flexibility index (Phi) is 3.49. The minimum atomic E-state index is 0.806. The molecule has 0 spiro atoms. The third-order valence-corrected chi connectivity index (χ3v) is 3.93. The molecule has 0 amide bonds. The van der Waals surface area contributed by atoms with E-state index in [0.29, 0.717) is 0 Å². The Morgan fingerprint density at radius 2 is 1.80 bits per heavy atom. The van der Waals surface area contributed by atoms with Crippen LogP contribution in [0.1, 0.15) is 5.56 Å². The maximum absolute atomic E-state index is 3.48. The molecule has 0 atom stereocenters. The van der Waals surface area contributed by atoms with Gasteiger partial charge in [0.15, 0.2) is 0 Å². The second-order valence-corrected chi connectivity index (χ2v) is 4.88. The van der Waals surface area contributed by atoms with Crippen LogP contribution in [0.25, 0.3) is 0 Å². The van der Waals surface area contributed by atoms with Gasteiger partial charge in [0, 0.05) is 21.3 Å². The molecule has 0 saturated heterocycles. The average molecular weight is 330 g/mol. The number of nitrogens with one attached hydrogen (secondary N) is 1. The zero-order valence-electron chi connectivity index (χ0n) is 7.95. The maximum Gasteiger partial charge on any atom is 0.0564 e. The zero-order chi connectivity index (χ0) is 10.7. The monoisotopic (exact) mass is 328 g/mol. The van der Waals surface area contributed by atoms with Gasteiger partial charge >= 0.3 is 0 Å². The molecule has 0 bridgehead atoms. The highest BCUT2D eigenvalue weighted by Crippen LogP contribution is 2.23. The fourth-order valence-electron chi connectivity index (χ4n) is 1.27. The van der Waals surface area contributed by atoms with Crippen molar-refractivity contribution in [3.63, 3.8) is 0 Å². The summed E-state index contributed by atoms with van der Waals surface area (Å²) in [6.45, 7) is 0.806. The summed E-state index contributed by atoms with van der Waals surface area (Å²) in [6.07, 6.45) is 3.96. The predicted molar refractivity (Wildman–Crippen MR) is 69.3 cm³/mol. The van der Waals surface area contributed by atoms with Crippen molar-refractivity contribution in [2.45, 2.75) is 6.54 Å². The fourth-order valence-corrected chi connectivity index (χ4v) is 1.94. The molecule has 0 aliphatic carbocycles. The largest absolute Gasteiger partial charge is 0.322 e. The highest BCUT2D eigenvalue weighted by molar-refractivity contribution is 9.13. The summed E-state index contributed by atoms with van der Waals surface area (Å²) in [5.74, 6) is 0. The van der Waals surface area contributed by atoms with Crippen molar-refractivity contribution in [3.8, 4) is 0 Å². The maximum atomic E-state index is 3.48. The Balaban J connectivity index is 2.02. The smallest absolute Gasteiger partial charge is 0.0564 e. The average Bonchev–Trinajstić information content (AvgIpc) is 2.73. The summed E-state index contributed by atoms with van der Waals surface area (Å²) in [6, 6.07) is 10.2. The Hall–Kier alpha value is -0.740. The van der Waals surface area contributed by atoms with Crippen molar-refractivity contribution in [1.82, 2.24) is 4.68 Å². The molecule has 2 rings (SSSR count). The van der Waals surface area contributed by atoms with E-state index >= 15 is 0 Å². The molecule has 0 saturated carbocycles. The summed E-state index contributed by atoms with van der Waals surface area (Å²) >= 11 is 6.93. The Morgan fingerprint density at radius 3 is 2.47 bits per heavy atom. The third kappa shape index (κ3) is 2.86. The lowest BCUT2D eigenvalue weighted by molar-refractivity contribution is 0.846. The first-order valence-corrected chi connectivity index (χ1v) is 6.15. The first-order chi connectivity index (χ1) is 7.25. The van der Waals surface area contributed by atoms with E-state index < -0.39 is 0 Å². The van der Waals surface area contributed by atoms with Crippen LogP contribution in [-0.4, -0.2) is 4.68 Å². The van der Waals surface area contributed by atoms with E-state index in [2.05, 4.69) is 49.4 Å². The molecular weight excluding hydrogens is 320 g/mol. The quantitative estimate of drug-likeness (QED) is 0.907. The van der Waals surface area contributed by atoms with E-state index in [1.165, 1.54) is 5.56 Å². The number of nitrogens with zero attached hydrogens (tertiary/aromatic N) is 1. The number of benzene rings is 1. The van der Waals surface area contributed by atoms with Crippen LogP contribution in [0.3, 0.4) is 0 Å². The summed E-state index contributed by atoms with van der Waals surface area (Å²) < 4.78 is 4.09. The van der Waals surface area contributed by atoms with Crippen molar-refractivity contribution in [2.75, 3.05) is 5.43 Å². The number of rotatable bonds is 3. The number of aromatic nitrogens is 1. The molecule has 1 heterocycles. The van der Waals surface area contributed by atoms with Crippen molar-refractivity contribution >= 4 is 31.9 Å². The van der Waals surface area contributed by atoms with Crippen LogP contribution < -0.4 is 5.43 Å². The molecule has 15 heavy (non-hydrogen) atoms. The molecule has 0 fully saturated rings. The van der Waals surface area contributed by atoms with Crippen LogP contribution in [0.5, 0.6) is 0 Å². The zero-order valence-corrected chi connectivity index (χ0v) is 11.1. The van der Waals surface area contributed by atoms with Crippen LogP contribution >= 0.6 is 31.9 Å². The van der Waals surface area contributed by atoms with Crippen LogP contribution in [0, 0.1) is 0 Å². The van der Waals surface area contributed by atoms with Gasteiger partial charge in [0.2, 0.25) is 0 Å². The number of hydrogen-bond acceptors (Lipinski definition) is 1. The lowest BCUT2D eigenvalue weighted by Crippen LogP contribution is -2.11. The molecule has 1 N–H and O–H groups in total. The van der Waals surface area contributed by atoms with Crippen molar-refractivity contribution in [3.05, 3.63) is 57.2 Å². The van der Waals surface area contributed by atoms with E-state index in [1.807, 2.05) is 35.3 Å². The molecular formula is C11H10Br2N2. The second-order valence-electron chi connectivity index (χ2n) is 3.17. The Morgan fingerprint density at radius 1 is 1.07 bits per heavy atom. The van der Waals surface area contributed by atoms with Gasteiger partial charge in [-0.3, -0.25) is 4.68 Å². The van der Waals surface area contributed by atoms with Crippen LogP contribution in [0.4, 0.5) is 0 Å². The van der Waals surface area contributed by atoms with Crippen molar-refractivity contribution < 1.29 is 0 Å². The lowest BCUT2D eigenvalue weighted by atomic mass is 10.2. The highest BCUT2D eigenvalue weighted by Gasteiger charge is 1.98. The van der Waals surface area contributed by atoms with Gasteiger partial charge in [0.05, 0.1) is 6.54 Å². The molecule has 78 valence electrons. The molecule has 0 unspecified atom stereocenters. The summed E-state index contributed by atoms with van der Waals surface area (Å²) in [5, 5.41) is 0. The molecule has 4 heteroatoms. The third-order valence-electron chi connectivity index (χ3n) is 2.05. The Labute approximate surface area is 106 Å². The first kappa shape index (κ1) is 10.8. The summed E-state index contributed by atoms with van der Waals surface area (Å²) in [5.41, 5.74) is 4.50. The summed E-state index contributed by atoms with van der Waals surface area (Å²) in [7, 11) is 0. The van der Waals surface area contributed by atoms with Gasteiger partial charge in [0.25, 0.3) is 0 Å². The second kappa shape index (κ2) is 4.86. The first-order valence-electron chi connectivity index (χ1n) is 4.56. The van der Waals surface area contributed by atoms with Crippen LogP contribution in [0.2, 0.25) is 0 Å². The predicted octanol–water partition coefficient (Wildman–Crippen LogP) is 3.76.